The summed E-state index contributed by atoms with van der Waals surface area (Å²) in [4.78, 5) is 16.4. The molecule has 1 unspecified atom stereocenters. The lowest BCUT2D eigenvalue weighted by molar-refractivity contribution is -0.122. The standard InChI is InChI=1S/C15H19N3OS.2ClH/c1-2-13-18-12(10-20-13)8-9-17-15(19)14(16)11-6-4-3-5-7-11;;/h3-7,10,14H,2,8-9,16H2,1H3,(H,17,19);2*1H. The van der Waals surface area contributed by atoms with E-state index in [2.05, 4.69) is 17.2 Å². The Balaban J connectivity index is 0.00000220. The average molecular weight is 362 g/mol. The first-order valence-electron chi connectivity index (χ1n) is 6.72. The average Bonchev–Trinajstić information content (AvgIpc) is 2.95. The number of aryl methyl sites for hydroxylation is 1. The number of amides is 1. The van der Waals surface area contributed by atoms with E-state index in [0.29, 0.717) is 6.54 Å². The molecule has 0 fully saturated rings. The molecule has 2 rings (SSSR count). The molecule has 1 heterocycles. The van der Waals surface area contributed by atoms with Gasteiger partial charge in [0.15, 0.2) is 0 Å². The number of carbonyl (C=O) groups is 1. The zero-order valence-corrected chi connectivity index (χ0v) is 14.8. The van der Waals surface area contributed by atoms with Crippen molar-refractivity contribution in [1.82, 2.24) is 10.3 Å². The minimum absolute atomic E-state index is 0. The molecule has 4 nitrogen and oxygen atoms in total. The van der Waals surface area contributed by atoms with Gasteiger partial charge in [-0.1, -0.05) is 37.3 Å². The molecule has 0 spiro atoms. The molecule has 7 heteroatoms. The zero-order valence-electron chi connectivity index (χ0n) is 12.3. The van der Waals surface area contributed by atoms with E-state index in [-0.39, 0.29) is 30.7 Å². The van der Waals surface area contributed by atoms with Gasteiger partial charge in [0.1, 0.15) is 6.04 Å². The summed E-state index contributed by atoms with van der Waals surface area (Å²) in [6.07, 6.45) is 1.69. The topological polar surface area (TPSA) is 68.0 Å². The number of benzene rings is 1. The Morgan fingerprint density at radius 3 is 2.59 bits per heavy atom. The Bertz CT molecular complexity index is 563. The summed E-state index contributed by atoms with van der Waals surface area (Å²) in [7, 11) is 0. The molecule has 122 valence electrons. The lowest BCUT2D eigenvalue weighted by Gasteiger charge is -2.12. The number of carbonyl (C=O) groups excluding carboxylic acids is 1. The van der Waals surface area contributed by atoms with Crippen molar-refractivity contribution in [2.75, 3.05) is 6.54 Å². The molecule has 1 aromatic heterocycles. The van der Waals surface area contributed by atoms with E-state index in [9.17, 15) is 4.79 Å². The van der Waals surface area contributed by atoms with Crippen LogP contribution in [0.3, 0.4) is 0 Å². The SMILES string of the molecule is CCc1nc(CCNC(=O)C(N)c2ccccc2)cs1.Cl.Cl. The molecular formula is C15H21Cl2N3OS. The molecule has 1 atom stereocenters. The third-order valence-corrected chi connectivity index (χ3v) is 4.07. The highest BCUT2D eigenvalue weighted by Crippen LogP contribution is 2.11. The first-order valence-corrected chi connectivity index (χ1v) is 7.60. The molecule has 1 aromatic carbocycles. The summed E-state index contributed by atoms with van der Waals surface area (Å²) >= 11 is 1.66. The largest absolute Gasteiger partial charge is 0.354 e. The summed E-state index contributed by atoms with van der Waals surface area (Å²) in [5.41, 5.74) is 7.77. The maximum Gasteiger partial charge on any atom is 0.241 e. The molecule has 1 amide bonds. The van der Waals surface area contributed by atoms with E-state index < -0.39 is 6.04 Å². The minimum Gasteiger partial charge on any atom is -0.354 e. The first-order chi connectivity index (χ1) is 9.70. The fourth-order valence-corrected chi connectivity index (χ4v) is 2.64. The maximum absolute atomic E-state index is 11.9. The van der Waals surface area contributed by atoms with Crippen LogP contribution in [-0.4, -0.2) is 17.4 Å². The van der Waals surface area contributed by atoms with Gasteiger partial charge in [0.2, 0.25) is 5.91 Å². The number of nitrogens with two attached hydrogens (primary N) is 1. The van der Waals surface area contributed by atoms with Gasteiger partial charge >= 0.3 is 0 Å². The van der Waals surface area contributed by atoms with Gasteiger partial charge in [0.25, 0.3) is 0 Å². The molecule has 0 saturated heterocycles. The molecule has 0 radical (unpaired) electrons. The number of nitrogens with zero attached hydrogens (tertiary/aromatic N) is 1. The number of aromatic nitrogens is 1. The van der Waals surface area contributed by atoms with Crippen LogP contribution in [0.5, 0.6) is 0 Å². The van der Waals surface area contributed by atoms with Gasteiger partial charge in [-0.2, -0.15) is 0 Å². The minimum atomic E-state index is -0.613. The second-order valence-corrected chi connectivity index (χ2v) is 5.46. The smallest absolute Gasteiger partial charge is 0.241 e. The summed E-state index contributed by atoms with van der Waals surface area (Å²) < 4.78 is 0. The molecule has 2 aromatic rings. The second kappa shape index (κ2) is 10.6. The van der Waals surface area contributed by atoms with Crippen LogP contribution in [-0.2, 0) is 17.6 Å². The van der Waals surface area contributed by atoms with Crippen LogP contribution in [0.1, 0.15) is 29.2 Å². The lowest BCUT2D eigenvalue weighted by Crippen LogP contribution is -2.35. The van der Waals surface area contributed by atoms with Gasteiger partial charge < -0.3 is 11.1 Å². The molecule has 0 aliphatic heterocycles. The zero-order chi connectivity index (χ0) is 14.4. The summed E-state index contributed by atoms with van der Waals surface area (Å²) in [6.45, 7) is 2.65. The monoisotopic (exact) mass is 361 g/mol. The Labute approximate surface area is 147 Å². The van der Waals surface area contributed by atoms with Gasteiger partial charge in [-0.3, -0.25) is 4.79 Å². The van der Waals surface area contributed by atoms with Crippen LogP contribution in [0.2, 0.25) is 0 Å². The Morgan fingerprint density at radius 2 is 2.00 bits per heavy atom. The van der Waals surface area contributed by atoms with Crippen LogP contribution >= 0.6 is 36.2 Å². The van der Waals surface area contributed by atoms with E-state index in [0.717, 1.165) is 29.1 Å². The Kier molecular flexibility index (Phi) is 10.0. The van der Waals surface area contributed by atoms with Crippen LogP contribution < -0.4 is 11.1 Å². The van der Waals surface area contributed by atoms with Gasteiger partial charge in [-0.15, -0.1) is 36.2 Å². The van der Waals surface area contributed by atoms with Gasteiger partial charge in [-0.05, 0) is 12.0 Å². The second-order valence-electron chi connectivity index (χ2n) is 4.52. The molecule has 3 N–H and O–H groups in total. The van der Waals surface area contributed by atoms with E-state index in [4.69, 9.17) is 5.73 Å². The number of rotatable bonds is 6. The van der Waals surface area contributed by atoms with E-state index in [1.165, 1.54) is 0 Å². The third-order valence-electron chi connectivity index (χ3n) is 3.02. The highest BCUT2D eigenvalue weighted by atomic mass is 35.5. The van der Waals surface area contributed by atoms with Crippen molar-refractivity contribution in [1.29, 1.82) is 0 Å². The van der Waals surface area contributed by atoms with Crippen molar-refractivity contribution < 1.29 is 4.79 Å². The fraction of sp³-hybridized carbons (Fsp3) is 0.333. The van der Waals surface area contributed by atoms with Crippen LogP contribution in [0.25, 0.3) is 0 Å². The van der Waals surface area contributed by atoms with E-state index >= 15 is 0 Å². The lowest BCUT2D eigenvalue weighted by atomic mass is 10.1. The van der Waals surface area contributed by atoms with Crippen molar-refractivity contribution in [3.63, 3.8) is 0 Å². The van der Waals surface area contributed by atoms with Crippen molar-refractivity contribution in [3.05, 3.63) is 52.0 Å². The quantitative estimate of drug-likeness (QED) is 0.830. The van der Waals surface area contributed by atoms with E-state index in [1.54, 1.807) is 11.3 Å². The number of nitrogens with one attached hydrogen (secondary N) is 1. The van der Waals surface area contributed by atoms with Crippen molar-refractivity contribution >= 4 is 42.1 Å². The van der Waals surface area contributed by atoms with Gasteiger partial charge in [-0.25, -0.2) is 4.98 Å². The van der Waals surface area contributed by atoms with Crippen molar-refractivity contribution in [2.24, 2.45) is 5.73 Å². The van der Waals surface area contributed by atoms with Crippen LogP contribution in [0.15, 0.2) is 35.7 Å². The Morgan fingerprint density at radius 1 is 1.32 bits per heavy atom. The highest BCUT2D eigenvalue weighted by molar-refractivity contribution is 7.09. The molecule has 0 aliphatic rings. The molecular weight excluding hydrogens is 341 g/mol. The summed E-state index contributed by atoms with van der Waals surface area (Å²) in [6, 6.07) is 8.77. The number of halogens is 2. The van der Waals surface area contributed by atoms with Crippen LogP contribution in [0.4, 0.5) is 0 Å². The summed E-state index contributed by atoms with van der Waals surface area (Å²) in [5, 5.41) is 6.03. The maximum atomic E-state index is 11.9. The van der Waals surface area contributed by atoms with Crippen molar-refractivity contribution in [2.45, 2.75) is 25.8 Å². The molecule has 0 aliphatic carbocycles. The van der Waals surface area contributed by atoms with Gasteiger partial charge in [0, 0.05) is 18.3 Å². The molecule has 0 saturated carbocycles. The fourth-order valence-electron chi connectivity index (χ4n) is 1.86. The predicted molar refractivity (Wildman–Crippen MR) is 96.1 cm³/mol. The number of hydrogen-bond acceptors (Lipinski definition) is 4. The van der Waals surface area contributed by atoms with E-state index in [1.807, 2.05) is 35.7 Å². The highest BCUT2D eigenvalue weighted by Gasteiger charge is 2.14. The number of thiazole rings is 1. The third kappa shape index (κ3) is 5.93. The van der Waals surface area contributed by atoms with Gasteiger partial charge in [0.05, 0.1) is 10.7 Å². The first kappa shape index (κ1) is 20.9. The summed E-state index contributed by atoms with van der Waals surface area (Å²) in [5.74, 6) is -0.151. The van der Waals surface area contributed by atoms with Crippen molar-refractivity contribution in [3.8, 4) is 0 Å². The van der Waals surface area contributed by atoms with Crippen LogP contribution in [0, 0.1) is 0 Å². The number of hydrogen-bond donors (Lipinski definition) is 2. The predicted octanol–water partition coefficient (Wildman–Crippen LogP) is 2.91. The molecule has 0 bridgehead atoms. The normalized spacial score (nSPS) is 11.0. The molecule has 22 heavy (non-hydrogen) atoms. The Hall–Kier alpha value is -1.14.